The fraction of sp³-hybridized carbons (Fsp3) is 0.533. The highest BCUT2D eigenvalue weighted by molar-refractivity contribution is 5.82. The number of alkyl halides is 2. The average molecular weight is 300 g/mol. The van der Waals surface area contributed by atoms with Crippen molar-refractivity contribution >= 4 is 5.91 Å². The van der Waals surface area contributed by atoms with Gasteiger partial charge in [-0.05, 0) is 18.4 Å². The second-order valence-corrected chi connectivity index (χ2v) is 5.99. The molecule has 0 fully saturated rings. The minimum Gasteiger partial charge on any atom is -0.434 e. The van der Waals surface area contributed by atoms with E-state index in [0.29, 0.717) is 5.56 Å². The fourth-order valence-electron chi connectivity index (χ4n) is 1.82. The van der Waals surface area contributed by atoms with Gasteiger partial charge in [0, 0.05) is 5.56 Å². The minimum absolute atomic E-state index is 0.0460. The van der Waals surface area contributed by atoms with Gasteiger partial charge in [-0.3, -0.25) is 4.79 Å². The molecule has 0 aliphatic rings. The fourth-order valence-corrected chi connectivity index (χ4v) is 1.82. The zero-order chi connectivity index (χ0) is 16.2. The molecule has 0 aliphatic heterocycles. The van der Waals surface area contributed by atoms with Gasteiger partial charge in [-0.15, -0.1) is 0 Å². The number of halogens is 2. The molecule has 6 heteroatoms. The molecule has 4 nitrogen and oxygen atoms in total. The van der Waals surface area contributed by atoms with Crippen molar-refractivity contribution in [3.05, 3.63) is 29.8 Å². The maximum absolute atomic E-state index is 12.4. The van der Waals surface area contributed by atoms with E-state index >= 15 is 0 Å². The lowest BCUT2D eigenvalue weighted by Crippen LogP contribution is -2.49. The van der Waals surface area contributed by atoms with Crippen LogP contribution >= 0.6 is 0 Å². The Labute approximate surface area is 123 Å². The Balaban J connectivity index is 2.85. The van der Waals surface area contributed by atoms with Crippen LogP contribution in [0.1, 0.15) is 39.3 Å². The Hall–Kier alpha value is -1.69. The second kappa shape index (κ2) is 6.85. The summed E-state index contributed by atoms with van der Waals surface area (Å²) in [6, 6.07) is 5.18. The molecule has 0 bridgehead atoms. The van der Waals surface area contributed by atoms with E-state index in [9.17, 15) is 13.6 Å². The van der Waals surface area contributed by atoms with Crippen molar-refractivity contribution in [2.45, 2.75) is 46.4 Å². The molecular weight excluding hydrogens is 278 g/mol. The molecule has 1 amide bonds. The largest absolute Gasteiger partial charge is 0.434 e. The van der Waals surface area contributed by atoms with E-state index in [-0.39, 0.29) is 17.1 Å². The Morgan fingerprint density at radius 3 is 2.38 bits per heavy atom. The number of para-hydroxylation sites is 1. The van der Waals surface area contributed by atoms with Crippen LogP contribution in [0, 0.1) is 5.41 Å². The Kier molecular flexibility index (Phi) is 5.66. The summed E-state index contributed by atoms with van der Waals surface area (Å²) in [6.07, 6.45) is 0. The van der Waals surface area contributed by atoms with Crippen molar-refractivity contribution in [3.8, 4) is 5.75 Å². The van der Waals surface area contributed by atoms with Gasteiger partial charge in [0.15, 0.2) is 0 Å². The highest BCUT2D eigenvalue weighted by Crippen LogP contribution is 2.27. The zero-order valence-corrected chi connectivity index (χ0v) is 12.7. The molecular formula is C15H22F2N2O2. The lowest BCUT2D eigenvalue weighted by atomic mass is 9.86. The first-order valence-electron chi connectivity index (χ1n) is 6.72. The Morgan fingerprint density at radius 2 is 1.86 bits per heavy atom. The van der Waals surface area contributed by atoms with E-state index < -0.39 is 18.7 Å². The topological polar surface area (TPSA) is 64.4 Å². The number of hydrogen-bond donors (Lipinski definition) is 2. The number of ether oxygens (including phenoxy) is 1. The van der Waals surface area contributed by atoms with Gasteiger partial charge in [0.25, 0.3) is 0 Å². The Morgan fingerprint density at radius 1 is 1.29 bits per heavy atom. The number of hydrogen-bond acceptors (Lipinski definition) is 3. The predicted octanol–water partition coefficient (Wildman–Crippen LogP) is 2.84. The maximum Gasteiger partial charge on any atom is 0.387 e. The first-order chi connectivity index (χ1) is 9.62. The predicted molar refractivity (Wildman–Crippen MR) is 77.1 cm³/mol. The molecule has 118 valence electrons. The van der Waals surface area contributed by atoms with Crippen LogP contribution in [-0.2, 0) is 4.79 Å². The maximum atomic E-state index is 12.4. The van der Waals surface area contributed by atoms with E-state index in [0.717, 1.165) is 0 Å². The van der Waals surface area contributed by atoms with Gasteiger partial charge in [0.2, 0.25) is 5.91 Å². The molecule has 0 radical (unpaired) electrons. The van der Waals surface area contributed by atoms with Gasteiger partial charge >= 0.3 is 6.61 Å². The van der Waals surface area contributed by atoms with Crippen LogP contribution in [0.15, 0.2) is 24.3 Å². The van der Waals surface area contributed by atoms with Gasteiger partial charge < -0.3 is 15.8 Å². The summed E-state index contributed by atoms with van der Waals surface area (Å²) >= 11 is 0. The molecule has 2 atom stereocenters. The summed E-state index contributed by atoms with van der Waals surface area (Å²) < 4.78 is 29.2. The van der Waals surface area contributed by atoms with E-state index in [2.05, 4.69) is 10.1 Å². The summed E-state index contributed by atoms with van der Waals surface area (Å²) in [5.41, 5.74) is 5.97. The van der Waals surface area contributed by atoms with Crippen LogP contribution < -0.4 is 15.8 Å². The number of nitrogens with one attached hydrogen (secondary N) is 1. The third kappa shape index (κ3) is 4.97. The normalized spacial score (nSPS) is 14.7. The van der Waals surface area contributed by atoms with Crippen LogP contribution in [0.25, 0.3) is 0 Å². The van der Waals surface area contributed by atoms with Gasteiger partial charge in [-0.2, -0.15) is 8.78 Å². The average Bonchev–Trinajstić information content (AvgIpc) is 2.36. The van der Waals surface area contributed by atoms with E-state index in [1.807, 2.05) is 20.8 Å². The van der Waals surface area contributed by atoms with Crippen LogP contribution in [-0.4, -0.2) is 18.6 Å². The van der Waals surface area contributed by atoms with Gasteiger partial charge in [-0.25, -0.2) is 0 Å². The van der Waals surface area contributed by atoms with Crippen LogP contribution in [0.2, 0.25) is 0 Å². The van der Waals surface area contributed by atoms with Gasteiger partial charge in [0.1, 0.15) is 5.75 Å². The molecule has 1 aromatic carbocycles. The van der Waals surface area contributed by atoms with Crippen LogP contribution in [0.3, 0.4) is 0 Å². The van der Waals surface area contributed by atoms with Gasteiger partial charge in [0.05, 0.1) is 12.1 Å². The summed E-state index contributed by atoms with van der Waals surface area (Å²) in [5.74, 6) is -0.286. The molecule has 0 spiro atoms. The molecule has 0 saturated carbocycles. The molecule has 21 heavy (non-hydrogen) atoms. The number of nitrogens with two attached hydrogens (primary N) is 1. The number of carbonyl (C=O) groups excluding carboxylic acids is 1. The van der Waals surface area contributed by atoms with Crippen molar-refractivity contribution < 1.29 is 18.3 Å². The lowest BCUT2D eigenvalue weighted by molar-refractivity contribution is -0.125. The SMILES string of the molecule is CC(NC(=O)[C@@H](N)C(C)(C)C)c1ccccc1OC(F)F. The summed E-state index contributed by atoms with van der Waals surface area (Å²) in [5, 5.41) is 2.73. The van der Waals surface area contributed by atoms with E-state index in [4.69, 9.17) is 5.73 Å². The van der Waals surface area contributed by atoms with Crippen molar-refractivity contribution in [2.24, 2.45) is 11.1 Å². The highest BCUT2D eigenvalue weighted by atomic mass is 19.3. The lowest BCUT2D eigenvalue weighted by Gasteiger charge is -2.27. The molecule has 0 aromatic heterocycles. The molecule has 1 unspecified atom stereocenters. The molecule has 1 aromatic rings. The standard InChI is InChI=1S/C15H22F2N2O2/c1-9(19-13(20)12(18)15(2,3)4)10-7-5-6-8-11(10)21-14(16)17/h5-9,12,14H,18H2,1-4H3,(H,19,20)/t9?,12-/m1/s1. The smallest absolute Gasteiger partial charge is 0.387 e. The van der Waals surface area contributed by atoms with Crippen molar-refractivity contribution in [1.82, 2.24) is 5.32 Å². The van der Waals surface area contributed by atoms with Crippen LogP contribution in [0.4, 0.5) is 8.78 Å². The highest BCUT2D eigenvalue weighted by Gasteiger charge is 2.28. The first kappa shape index (κ1) is 17.4. The molecule has 0 heterocycles. The summed E-state index contributed by atoms with van der Waals surface area (Å²) in [4.78, 5) is 12.1. The van der Waals surface area contributed by atoms with Crippen LogP contribution in [0.5, 0.6) is 5.75 Å². The summed E-state index contributed by atoms with van der Waals surface area (Å²) in [6.45, 7) is 4.35. The number of amides is 1. The first-order valence-corrected chi connectivity index (χ1v) is 6.72. The molecule has 1 rings (SSSR count). The second-order valence-electron chi connectivity index (χ2n) is 5.99. The molecule has 3 N–H and O–H groups in total. The van der Waals surface area contributed by atoms with Crippen molar-refractivity contribution in [1.29, 1.82) is 0 Å². The number of benzene rings is 1. The molecule has 0 saturated heterocycles. The van der Waals surface area contributed by atoms with Crippen molar-refractivity contribution in [2.75, 3.05) is 0 Å². The minimum atomic E-state index is -2.91. The number of carbonyl (C=O) groups is 1. The monoisotopic (exact) mass is 300 g/mol. The van der Waals surface area contributed by atoms with E-state index in [1.54, 1.807) is 25.1 Å². The zero-order valence-electron chi connectivity index (χ0n) is 12.7. The Bertz CT molecular complexity index is 487. The number of rotatable bonds is 5. The summed E-state index contributed by atoms with van der Waals surface area (Å²) in [7, 11) is 0. The quantitative estimate of drug-likeness (QED) is 0.879. The third-order valence-electron chi connectivity index (χ3n) is 3.18. The van der Waals surface area contributed by atoms with E-state index in [1.165, 1.54) is 6.07 Å². The van der Waals surface area contributed by atoms with Crippen molar-refractivity contribution in [3.63, 3.8) is 0 Å². The third-order valence-corrected chi connectivity index (χ3v) is 3.18. The molecule has 0 aliphatic carbocycles. The van der Waals surface area contributed by atoms with Gasteiger partial charge in [-0.1, -0.05) is 39.0 Å².